The first kappa shape index (κ1) is 11.5. The first-order valence-corrected chi connectivity index (χ1v) is 5.64. The van der Waals surface area contributed by atoms with E-state index in [0.717, 1.165) is 25.8 Å². The van der Waals surface area contributed by atoms with E-state index >= 15 is 0 Å². The van der Waals surface area contributed by atoms with Gasteiger partial charge in [-0.3, -0.25) is 4.79 Å². The molecule has 0 aromatic heterocycles. The molecule has 1 aliphatic rings. The van der Waals surface area contributed by atoms with E-state index in [-0.39, 0.29) is 18.2 Å². The summed E-state index contributed by atoms with van der Waals surface area (Å²) in [4.78, 5) is 13.6. The van der Waals surface area contributed by atoms with Gasteiger partial charge in [0, 0.05) is 6.54 Å². The molecule has 2 atom stereocenters. The van der Waals surface area contributed by atoms with Crippen molar-refractivity contribution in [3.05, 3.63) is 0 Å². The van der Waals surface area contributed by atoms with E-state index in [1.165, 1.54) is 0 Å². The van der Waals surface area contributed by atoms with Crippen LogP contribution in [0.4, 0.5) is 0 Å². The van der Waals surface area contributed by atoms with Crippen molar-refractivity contribution in [3.8, 4) is 0 Å². The minimum atomic E-state index is -0.0345. The molecule has 0 saturated carbocycles. The fourth-order valence-electron chi connectivity index (χ4n) is 1.95. The number of rotatable bonds is 4. The third kappa shape index (κ3) is 2.71. The number of hydrogen-bond donors (Lipinski definition) is 0. The van der Waals surface area contributed by atoms with Crippen molar-refractivity contribution in [2.75, 3.05) is 6.54 Å². The Morgan fingerprint density at radius 3 is 2.64 bits per heavy atom. The molecule has 2 unspecified atom stereocenters. The van der Waals surface area contributed by atoms with E-state index < -0.39 is 0 Å². The van der Waals surface area contributed by atoms with Crippen LogP contribution in [0.15, 0.2) is 0 Å². The van der Waals surface area contributed by atoms with Crippen LogP contribution in [0.1, 0.15) is 46.5 Å². The summed E-state index contributed by atoms with van der Waals surface area (Å²) >= 11 is 0. The molecule has 0 bridgehead atoms. The number of hydrogen-bond acceptors (Lipinski definition) is 2. The van der Waals surface area contributed by atoms with Gasteiger partial charge in [-0.2, -0.15) is 0 Å². The Morgan fingerprint density at radius 2 is 2.14 bits per heavy atom. The molecule has 3 heteroatoms. The Morgan fingerprint density at radius 1 is 1.43 bits per heavy atom. The molecule has 0 aliphatic carbocycles. The number of carbonyl (C=O) groups is 1. The Hall–Kier alpha value is -0.570. The summed E-state index contributed by atoms with van der Waals surface area (Å²) in [5.74, 6) is 0.254. The third-order valence-corrected chi connectivity index (χ3v) is 2.63. The van der Waals surface area contributed by atoms with Gasteiger partial charge in [-0.15, -0.1) is 0 Å². The van der Waals surface area contributed by atoms with Gasteiger partial charge in [0.2, 0.25) is 5.91 Å². The van der Waals surface area contributed by atoms with E-state index in [1.807, 2.05) is 11.8 Å². The topological polar surface area (TPSA) is 29.5 Å². The molecule has 1 heterocycles. The minimum absolute atomic E-state index is 0.0345. The Bertz CT molecular complexity index is 194. The molecule has 0 N–H and O–H groups in total. The fourth-order valence-corrected chi connectivity index (χ4v) is 1.95. The molecule has 14 heavy (non-hydrogen) atoms. The quantitative estimate of drug-likeness (QED) is 0.694. The smallest absolute Gasteiger partial charge is 0.227 e. The van der Waals surface area contributed by atoms with Crippen LogP contribution in [-0.2, 0) is 9.53 Å². The number of nitrogens with zero attached hydrogens (tertiary/aromatic N) is 1. The lowest BCUT2D eigenvalue weighted by atomic mass is 10.1. The average molecular weight is 199 g/mol. The summed E-state index contributed by atoms with van der Waals surface area (Å²) in [6, 6.07) is 0. The average Bonchev–Trinajstić information content (AvgIpc) is 2.12. The van der Waals surface area contributed by atoms with Gasteiger partial charge in [-0.1, -0.05) is 20.3 Å². The van der Waals surface area contributed by atoms with Crippen molar-refractivity contribution in [2.24, 2.45) is 0 Å². The number of amides is 1. The van der Waals surface area contributed by atoms with Gasteiger partial charge < -0.3 is 9.64 Å². The SMILES string of the molecule is CCCC1CC(=O)N(CCC)C(C)O1. The predicted molar refractivity (Wildman–Crippen MR) is 55.9 cm³/mol. The van der Waals surface area contributed by atoms with Crippen LogP contribution >= 0.6 is 0 Å². The van der Waals surface area contributed by atoms with Crippen LogP contribution in [-0.4, -0.2) is 29.7 Å². The minimum Gasteiger partial charge on any atom is -0.355 e. The highest BCUT2D eigenvalue weighted by Crippen LogP contribution is 2.20. The molecule has 1 fully saturated rings. The highest BCUT2D eigenvalue weighted by Gasteiger charge is 2.30. The summed E-state index contributed by atoms with van der Waals surface area (Å²) in [5, 5.41) is 0. The van der Waals surface area contributed by atoms with Crippen molar-refractivity contribution in [3.63, 3.8) is 0 Å². The van der Waals surface area contributed by atoms with Crippen molar-refractivity contribution >= 4 is 5.91 Å². The molecule has 82 valence electrons. The van der Waals surface area contributed by atoms with Gasteiger partial charge in [-0.05, 0) is 19.8 Å². The molecular weight excluding hydrogens is 178 g/mol. The van der Waals surface area contributed by atoms with Crippen LogP contribution in [0.2, 0.25) is 0 Å². The van der Waals surface area contributed by atoms with Crippen LogP contribution in [0, 0.1) is 0 Å². The van der Waals surface area contributed by atoms with Crippen LogP contribution in [0.25, 0.3) is 0 Å². The standard InChI is InChI=1S/C11H21NO2/c1-4-6-10-8-11(13)12(7-5-2)9(3)14-10/h9-10H,4-8H2,1-3H3. The second-order valence-corrected chi connectivity index (χ2v) is 3.94. The summed E-state index contributed by atoms with van der Waals surface area (Å²) in [6.07, 6.45) is 3.76. The van der Waals surface area contributed by atoms with Crippen LogP contribution < -0.4 is 0 Å². The lowest BCUT2D eigenvalue weighted by Crippen LogP contribution is -2.48. The summed E-state index contributed by atoms with van der Waals surface area (Å²) in [5.41, 5.74) is 0. The van der Waals surface area contributed by atoms with E-state index in [9.17, 15) is 4.79 Å². The highest BCUT2D eigenvalue weighted by atomic mass is 16.5. The molecule has 0 aromatic rings. The Balaban J connectivity index is 2.49. The van der Waals surface area contributed by atoms with Crippen LogP contribution in [0.3, 0.4) is 0 Å². The maximum absolute atomic E-state index is 11.7. The predicted octanol–water partition coefficient (Wildman–Crippen LogP) is 2.16. The molecule has 0 spiro atoms. The number of carbonyl (C=O) groups excluding carboxylic acids is 1. The molecule has 0 aromatic carbocycles. The van der Waals surface area contributed by atoms with Gasteiger partial charge in [0.15, 0.2) is 0 Å². The van der Waals surface area contributed by atoms with Crippen molar-refractivity contribution in [1.29, 1.82) is 0 Å². The molecule has 1 saturated heterocycles. The summed E-state index contributed by atoms with van der Waals surface area (Å²) in [6.45, 7) is 6.99. The van der Waals surface area contributed by atoms with Gasteiger partial charge in [0.25, 0.3) is 0 Å². The molecule has 1 rings (SSSR count). The summed E-state index contributed by atoms with van der Waals surface area (Å²) < 4.78 is 5.77. The number of ether oxygens (including phenoxy) is 1. The van der Waals surface area contributed by atoms with Gasteiger partial charge in [0.1, 0.15) is 6.23 Å². The molecule has 0 radical (unpaired) electrons. The van der Waals surface area contributed by atoms with E-state index in [0.29, 0.717) is 6.42 Å². The maximum Gasteiger partial charge on any atom is 0.227 e. The normalized spacial score (nSPS) is 28.2. The van der Waals surface area contributed by atoms with E-state index in [2.05, 4.69) is 13.8 Å². The largest absolute Gasteiger partial charge is 0.355 e. The second-order valence-electron chi connectivity index (χ2n) is 3.94. The highest BCUT2D eigenvalue weighted by molar-refractivity contribution is 5.77. The van der Waals surface area contributed by atoms with Crippen molar-refractivity contribution < 1.29 is 9.53 Å². The van der Waals surface area contributed by atoms with Gasteiger partial charge in [-0.25, -0.2) is 0 Å². The first-order valence-electron chi connectivity index (χ1n) is 5.64. The monoisotopic (exact) mass is 199 g/mol. The second kappa shape index (κ2) is 5.35. The zero-order chi connectivity index (χ0) is 10.6. The zero-order valence-corrected chi connectivity index (χ0v) is 9.45. The zero-order valence-electron chi connectivity index (χ0n) is 9.45. The summed E-state index contributed by atoms with van der Waals surface area (Å²) in [7, 11) is 0. The Kier molecular flexibility index (Phi) is 4.39. The Labute approximate surface area is 86.4 Å². The lowest BCUT2D eigenvalue weighted by Gasteiger charge is -2.37. The van der Waals surface area contributed by atoms with E-state index in [4.69, 9.17) is 4.74 Å². The van der Waals surface area contributed by atoms with Gasteiger partial charge >= 0.3 is 0 Å². The fraction of sp³-hybridized carbons (Fsp3) is 0.909. The van der Waals surface area contributed by atoms with E-state index in [1.54, 1.807) is 0 Å². The molecule has 1 amide bonds. The molecule has 3 nitrogen and oxygen atoms in total. The maximum atomic E-state index is 11.7. The molecule has 1 aliphatic heterocycles. The third-order valence-electron chi connectivity index (χ3n) is 2.63. The van der Waals surface area contributed by atoms with Crippen LogP contribution in [0.5, 0.6) is 0 Å². The first-order chi connectivity index (χ1) is 6.69. The van der Waals surface area contributed by atoms with Crippen molar-refractivity contribution in [2.45, 2.75) is 58.8 Å². The van der Waals surface area contributed by atoms with Crippen molar-refractivity contribution in [1.82, 2.24) is 4.90 Å². The lowest BCUT2D eigenvalue weighted by molar-refractivity contribution is -0.171. The van der Waals surface area contributed by atoms with Gasteiger partial charge in [0.05, 0.1) is 12.5 Å². The molecular formula is C11H21NO2.